The van der Waals surface area contributed by atoms with Crippen LogP contribution in [0.4, 0.5) is 11.4 Å². The summed E-state index contributed by atoms with van der Waals surface area (Å²) in [6, 6.07) is 7.28. The molecule has 5 nitrogen and oxygen atoms in total. The monoisotopic (exact) mass is 243 g/mol. The number of hydrogen-bond donors (Lipinski definition) is 3. The van der Waals surface area contributed by atoms with Crippen molar-refractivity contribution in [2.75, 3.05) is 29.9 Å². The van der Waals surface area contributed by atoms with Crippen molar-refractivity contribution in [1.82, 2.24) is 4.72 Å². The number of rotatable bonds is 6. The minimum Gasteiger partial charge on any atom is -0.399 e. The lowest BCUT2D eigenvalue weighted by Gasteiger charge is -2.07. The lowest BCUT2D eigenvalue weighted by Crippen LogP contribution is -2.30. The van der Waals surface area contributed by atoms with Crippen molar-refractivity contribution in [3.8, 4) is 0 Å². The van der Waals surface area contributed by atoms with E-state index in [2.05, 4.69) is 10.0 Å². The molecule has 0 atom stereocenters. The summed E-state index contributed by atoms with van der Waals surface area (Å²) < 4.78 is 24.7. The molecule has 0 radical (unpaired) electrons. The van der Waals surface area contributed by atoms with Gasteiger partial charge < -0.3 is 11.1 Å². The summed E-state index contributed by atoms with van der Waals surface area (Å²) in [5, 5.41) is 3.09. The average Bonchev–Trinajstić information content (AvgIpc) is 2.27. The molecule has 0 unspecified atom stereocenters. The van der Waals surface area contributed by atoms with Crippen molar-refractivity contribution in [3.05, 3.63) is 24.3 Å². The smallest absolute Gasteiger partial charge is 0.211 e. The molecule has 16 heavy (non-hydrogen) atoms. The summed E-state index contributed by atoms with van der Waals surface area (Å²) in [5.41, 5.74) is 7.16. The second-order valence-corrected chi connectivity index (χ2v) is 5.44. The molecule has 0 spiro atoms. The van der Waals surface area contributed by atoms with Crippen molar-refractivity contribution in [3.63, 3.8) is 0 Å². The third-order valence-corrected chi connectivity index (χ3v) is 3.47. The number of nitrogens with two attached hydrogens (primary N) is 1. The summed E-state index contributed by atoms with van der Waals surface area (Å²) in [4.78, 5) is 0. The van der Waals surface area contributed by atoms with E-state index in [1.54, 1.807) is 19.1 Å². The van der Waals surface area contributed by atoms with Gasteiger partial charge in [0.2, 0.25) is 10.0 Å². The van der Waals surface area contributed by atoms with Crippen LogP contribution in [0.15, 0.2) is 24.3 Å². The molecule has 0 aliphatic heterocycles. The Balaban J connectivity index is 2.29. The van der Waals surface area contributed by atoms with Gasteiger partial charge in [0.25, 0.3) is 0 Å². The van der Waals surface area contributed by atoms with Crippen molar-refractivity contribution < 1.29 is 8.42 Å². The van der Waals surface area contributed by atoms with Crippen LogP contribution in [0.1, 0.15) is 6.92 Å². The van der Waals surface area contributed by atoms with Gasteiger partial charge in [0.1, 0.15) is 0 Å². The molecule has 0 aliphatic carbocycles. The summed E-state index contributed by atoms with van der Waals surface area (Å²) >= 11 is 0. The van der Waals surface area contributed by atoms with Crippen molar-refractivity contribution >= 4 is 21.4 Å². The first-order chi connectivity index (χ1) is 7.53. The topological polar surface area (TPSA) is 84.2 Å². The number of benzene rings is 1. The zero-order chi connectivity index (χ0) is 12.0. The Morgan fingerprint density at radius 3 is 2.38 bits per heavy atom. The zero-order valence-electron chi connectivity index (χ0n) is 9.23. The molecule has 1 aromatic carbocycles. The first-order valence-corrected chi connectivity index (χ1v) is 6.75. The first kappa shape index (κ1) is 12.8. The van der Waals surface area contributed by atoms with E-state index < -0.39 is 10.0 Å². The molecule has 0 saturated carbocycles. The van der Waals surface area contributed by atoms with Crippen LogP contribution >= 0.6 is 0 Å². The molecule has 1 rings (SSSR count). The molecule has 6 heteroatoms. The third-order valence-electron chi connectivity index (χ3n) is 2.07. The van der Waals surface area contributed by atoms with E-state index in [0.717, 1.165) is 5.69 Å². The van der Waals surface area contributed by atoms with Gasteiger partial charge in [0.15, 0.2) is 0 Å². The van der Waals surface area contributed by atoms with E-state index in [0.29, 0.717) is 18.8 Å². The Kier molecular flexibility index (Phi) is 4.57. The van der Waals surface area contributed by atoms with Crippen LogP contribution in [0.2, 0.25) is 0 Å². The fourth-order valence-corrected chi connectivity index (χ4v) is 1.73. The van der Waals surface area contributed by atoms with Gasteiger partial charge in [0.05, 0.1) is 5.75 Å². The Bertz CT molecular complexity index is 414. The van der Waals surface area contributed by atoms with E-state index in [1.165, 1.54) is 0 Å². The maximum absolute atomic E-state index is 11.1. The van der Waals surface area contributed by atoms with E-state index in [4.69, 9.17) is 5.73 Å². The highest BCUT2D eigenvalue weighted by molar-refractivity contribution is 7.89. The SMILES string of the molecule is CCS(=O)(=O)NCCNc1ccc(N)cc1. The lowest BCUT2D eigenvalue weighted by molar-refractivity contribution is 0.584. The highest BCUT2D eigenvalue weighted by atomic mass is 32.2. The normalized spacial score (nSPS) is 11.3. The molecule has 90 valence electrons. The molecular weight excluding hydrogens is 226 g/mol. The van der Waals surface area contributed by atoms with Gasteiger partial charge in [0, 0.05) is 24.5 Å². The predicted molar refractivity (Wildman–Crippen MR) is 66.8 cm³/mol. The summed E-state index contributed by atoms with van der Waals surface area (Å²) in [6.07, 6.45) is 0. The molecule has 1 aromatic rings. The zero-order valence-corrected chi connectivity index (χ0v) is 10.0. The number of nitrogen functional groups attached to an aromatic ring is 1. The van der Waals surface area contributed by atoms with Crippen LogP contribution in [0, 0.1) is 0 Å². The lowest BCUT2D eigenvalue weighted by atomic mass is 10.3. The molecule has 0 aromatic heterocycles. The highest BCUT2D eigenvalue weighted by Crippen LogP contribution is 2.09. The summed E-state index contributed by atoms with van der Waals surface area (Å²) in [7, 11) is -3.09. The Morgan fingerprint density at radius 2 is 1.81 bits per heavy atom. The minimum absolute atomic E-state index is 0.106. The van der Waals surface area contributed by atoms with Gasteiger partial charge in [-0.3, -0.25) is 0 Å². The minimum atomic E-state index is -3.09. The average molecular weight is 243 g/mol. The molecule has 0 saturated heterocycles. The van der Waals surface area contributed by atoms with Crippen LogP contribution in [-0.4, -0.2) is 27.3 Å². The van der Waals surface area contributed by atoms with Crippen LogP contribution in [0.3, 0.4) is 0 Å². The Morgan fingerprint density at radius 1 is 1.19 bits per heavy atom. The van der Waals surface area contributed by atoms with Crippen LogP contribution < -0.4 is 15.8 Å². The quantitative estimate of drug-likeness (QED) is 0.505. The predicted octanol–water partition coefficient (Wildman–Crippen LogP) is 0.620. The van der Waals surface area contributed by atoms with Crippen LogP contribution in [0.5, 0.6) is 0 Å². The van der Waals surface area contributed by atoms with E-state index in [9.17, 15) is 8.42 Å². The van der Waals surface area contributed by atoms with Crippen LogP contribution in [-0.2, 0) is 10.0 Å². The largest absolute Gasteiger partial charge is 0.399 e. The molecule has 4 N–H and O–H groups in total. The van der Waals surface area contributed by atoms with E-state index in [1.807, 2.05) is 12.1 Å². The number of nitrogens with one attached hydrogen (secondary N) is 2. The maximum atomic E-state index is 11.1. The van der Waals surface area contributed by atoms with E-state index >= 15 is 0 Å². The molecule has 0 amide bonds. The Labute approximate surface area is 96.1 Å². The fourth-order valence-electron chi connectivity index (χ4n) is 1.12. The van der Waals surface area contributed by atoms with Crippen molar-refractivity contribution in [1.29, 1.82) is 0 Å². The Hall–Kier alpha value is -1.27. The second-order valence-electron chi connectivity index (χ2n) is 3.35. The molecule has 0 bridgehead atoms. The van der Waals surface area contributed by atoms with Crippen LogP contribution in [0.25, 0.3) is 0 Å². The molecule has 0 heterocycles. The van der Waals surface area contributed by atoms with Gasteiger partial charge in [-0.15, -0.1) is 0 Å². The highest BCUT2D eigenvalue weighted by Gasteiger charge is 2.03. The summed E-state index contributed by atoms with van der Waals surface area (Å²) in [5.74, 6) is 0.106. The van der Waals surface area contributed by atoms with Crippen molar-refractivity contribution in [2.45, 2.75) is 6.92 Å². The molecule has 0 aliphatic rings. The van der Waals surface area contributed by atoms with Gasteiger partial charge in [-0.2, -0.15) is 0 Å². The van der Waals surface area contributed by atoms with Crippen molar-refractivity contribution in [2.24, 2.45) is 0 Å². The number of hydrogen-bond acceptors (Lipinski definition) is 4. The number of sulfonamides is 1. The molecule has 0 fully saturated rings. The van der Waals surface area contributed by atoms with Gasteiger partial charge >= 0.3 is 0 Å². The first-order valence-electron chi connectivity index (χ1n) is 5.10. The molecular formula is C10H17N3O2S. The van der Waals surface area contributed by atoms with Gasteiger partial charge in [-0.1, -0.05) is 0 Å². The maximum Gasteiger partial charge on any atom is 0.211 e. The third kappa shape index (κ3) is 4.50. The fraction of sp³-hybridized carbons (Fsp3) is 0.400. The van der Waals surface area contributed by atoms with E-state index in [-0.39, 0.29) is 5.75 Å². The second kappa shape index (κ2) is 5.72. The number of anilines is 2. The summed E-state index contributed by atoms with van der Waals surface area (Å²) in [6.45, 7) is 2.53. The standard InChI is InChI=1S/C10H17N3O2S/c1-2-16(14,15)13-8-7-12-10-5-3-9(11)4-6-10/h3-6,12-13H,2,7-8,11H2,1H3. The van der Waals surface area contributed by atoms with Gasteiger partial charge in [-0.05, 0) is 31.2 Å². The van der Waals surface area contributed by atoms with Gasteiger partial charge in [-0.25, -0.2) is 13.1 Å².